The fourth-order valence-corrected chi connectivity index (χ4v) is 2.87. The predicted octanol–water partition coefficient (Wildman–Crippen LogP) is 5.34. The normalized spacial score (nSPS) is 10.4. The number of carbonyl (C=O) groups is 1. The van der Waals surface area contributed by atoms with Crippen LogP contribution >= 0.6 is 0 Å². The van der Waals surface area contributed by atoms with Crippen LogP contribution < -0.4 is 14.8 Å². The van der Waals surface area contributed by atoms with Gasteiger partial charge in [0.25, 0.3) is 5.91 Å². The zero-order valence-electron chi connectivity index (χ0n) is 16.6. The number of anilines is 1. The van der Waals surface area contributed by atoms with Crippen LogP contribution in [0.1, 0.15) is 10.4 Å². The third-order valence-electron chi connectivity index (χ3n) is 4.47. The monoisotopic (exact) mass is 415 g/mol. The maximum absolute atomic E-state index is 13.0. The summed E-state index contributed by atoms with van der Waals surface area (Å²) in [6.45, 7) is 0. The molecule has 1 amide bonds. The van der Waals surface area contributed by atoms with Gasteiger partial charge in [0.1, 0.15) is 5.82 Å². The average Bonchev–Trinajstić information content (AvgIpc) is 2.81. The number of hydrogen-bond donors (Lipinski definition) is 1. The van der Waals surface area contributed by atoms with Crippen LogP contribution in [-0.2, 0) is 0 Å². The zero-order chi connectivity index (χ0) is 21.6. The number of ether oxygens (including phenoxy) is 2. The molecule has 0 spiro atoms. The van der Waals surface area contributed by atoms with Gasteiger partial charge in [-0.1, -0.05) is 24.3 Å². The van der Waals surface area contributed by atoms with Crippen molar-refractivity contribution < 1.29 is 18.7 Å². The predicted molar refractivity (Wildman–Crippen MR) is 115 cm³/mol. The quantitative estimate of drug-likeness (QED) is 0.460. The second kappa shape index (κ2) is 9.04. The maximum atomic E-state index is 13.0. The molecule has 0 aliphatic carbocycles. The van der Waals surface area contributed by atoms with E-state index in [-0.39, 0.29) is 11.7 Å². The Morgan fingerprint density at radius 2 is 1.55 bits per heavy atom. The van der Waals surface area contributed by atoms with E-state index in [1.807, 2.05) is 12.1 Å². The molecule has 0 aliphatic heterocycles. The summed E-state index contributed by atoms with van der Waals surface area (Å²) in [4.78, 5) is 12.4. The van der Waals surface area contributed by atoms with Gasteiger partial charge < -0.3 is 14.8 Å². The van der Waals surface area contributed by atoms with Crippen molar-refractivity contribution in [3.8, 4) is 28.6 Å². The van der Waals surface area contributed by atoms with E-state index in [9.17, 15) is 9.18 Å². The average molecular weight is 415 g/mol. The third kappa shape index (κ3) is 4.84. The van der Waals surface area contributed by atoms with Crippen LogP contribution in [0.3, 0.4) is 0 Å². The molecule has 6 nitrogen and oxygen atoms in total. The lowest BCUT2D eigenvalue weighted by molar-refractivity contribution is 0.102. The molecule has 0 bridgehead atoms. The summed E-state index contributed by atoms with van der Waals surface area (Å²) in [5, 5.41) is 11.0. The van der Waals surface area contributed by atoms with Gasteiger partial charge in [0.2, 0.25) is 5.88 Å². The summed E-state index contributed by atoms with van der Waals surface area (Å²) in [6.07, 6.45) is 0. The molecular formula is C24H18FN3O3. The number of nitrogens with one attached hydrogen (secondary N) is 1. The Morgan fingerprint density at radius 3 is 2.19 bits per heavy atom. The van der Waals surface area contributed by atoms with Crippen molar-refractivity contribution in [2.45, 2.75) is 0 Å². The summed E-state index contributed by atoms with van der Waals surface area (Å²) < 4.78 is 24.0. The Kier molecular flexibility index (Phi) is 5.84. The van der Waals surface area contributed by atoms with E-state index in [2.05, 4.69) is 15.5 Å². The molecule has 0 unspecified atom stereocenters. The van der Waals surface area contributed by atoms with Crippen LogP contribution in [-0.4, -0.2) is 23.2 Å². The molecule has 0 fully saturated rings. The van der Waals surface area contributed by atoms with Gasteiger partial charge in [0.05, 0.1) is 12.8 Å². The smallest absolute Gasteiger partial charge is 0.255 e. The van der Waals surface area contributed by atoms with Gasteiger partial charge in [-0.2, -0.15) is 0 Å². The molecule has 1 heterocycles. The number of nitrogens with zero attached hydrogens (tertiary/aromatic N) is 2. The van der Waals surface area contributed by atoms with E-state index >= 15 is 0 Å². The highest BCUT2D eigenvalue weighted by molar-refractivity contribution is 6.04. The molecule has 154 valence electrons. The molecule has 31 heavy (non-hydrogen) atoms. The SMILES string of the molecule is COc1ccccc1Oc1ccc(-c2ccc(C(=O)Nc3ccc(F)cc3)cc2)nn1. The van der Waals surface area contributed by atoms with Gasteiger partial charge in [-0.05, 0) is 54.6 Å². The molecule has 1 N–H and O–H groups in total. The minimum Gasteiger partial charge on any atom is -0.493 e. The van der Waals surface area contributed by atoms with Gasteiger partial charge >= 0.3 is 0 Å². The fourth-order valence-electron chi connectivity index (χ4n) is 2.87. The maximum Gasteiger partial charge on any atom is 0.255 e. The Bertz CT molecular complexity index is 1180. The highest BCUT2D eigenvalue weighted by Gasteiger charge is 2.09. The molecule has 3 aromatic carbocycles. The van der Waals surface area contributed by atoms with Crippen LogP contribution in [0.5, 0.6) is 17.4 Å². The molecule has 0 aliphatic rings. The Morgan fingerprint density at radius 1 is 0.839 bits per heavy atom. The Balaban J connectivity index is 1.44. The van der Waals surface area contributed by atoms with Crippen LogP contribution in [0.2, 0.25) is 0 Å². The summed E-state index contributed by atoms with van der Waals surface area (Å²) in [5.41, 5.74) is 2.43. The van der Waals surface area contributed by atoms with Crippen molar-refractivity contribution in [1.82, 2.24) is 10.2 Å². The molecule has 0 saturated carbocycles. The van der Waals surface area contributed by atoms with E-state index in [0.29, 0.717) is 34.3 Å². The molecule has 4 rings (SSSR count). The number of benzene rings is 3. The van der Waals surface area contributed by atoms with E-state index in [0.717, 1.165) is 5.56 Å². The first kappa shape index (κ1) is 20.0. The van der Waals surface area contributed by atoms with Crippen molar-refractivity contribution in [2.24, 2.45) is 0 Å². The highest BCUT2D eigenvalue weighted by atomic mass is 19.1. The number of hydrogen-bond acceptors (Lipinski definition) is 5. The van der Waals surface area contributed by atoms with Gasteiger partial charge in [-0.25, -0.2) is 4.39 Å². The van der Waals surface area contributed by atoms with Gasteiger partial charge in [0.15, 0.2) is 11.5 Å². The lowest BCUT2D eigenvalue weighted by Gasteiger charge is -2.09. The van der Waals surface area contributed by atoms with Crippen LogP contribution in [0.15, 0.2) is 84.9 Å². The summed E-state index contributed by atoms with van der Waals surface area (Å²) >= 11 is 0. The van der Waals surface area contributed by atoms with E-state index in [4.69, 9.17) is 9.47 Å². The summed E-state index contributed by atoms with van der Waals surface area (Å²) in [7, 11) is 1.57. The first-order valence-corrected chi connectivity index (χ1v) is 9.44. The first-order chi connectivity index (χ1) is 15.1. The van der Waals surface area contributed by atoms with Crippen molar-refractivity contribution in [1.29, 1.82) is 0 Å². The molecule has 1 aromatic heterocycles. The summed E-state index contributed by atoms with van der Waals surface area (Å²) in [5.74, 6) is 0.836. The number of para-hydroxylation sites is 2. The molecule has 0 saturated heterocycles. The number of methoxy groups -OCH3 is 1. The van der Waals surface area contributed by atoms with E-state index in [1.165, 1.54) is 24.3 Å². The third-order valence-corrected chi connectivity index (χ3v) is 4.47. The van der Waals surface area contributed by atoms with Crippen molar-refractivity contribution in [3.05, 3.63) is 96.3 Å². The van der Waals surface area contributed by atoms with E-state index < -0.39 is 0 Å². The second-order valence-corrected chi connectivity index (χ2v) is 6.55. The van der Waals surface area contributed by atoms with Gasteiger partial charge in [-0.3, -0.25) is 4.79 Å². The molecule has 4 aromatic rings. The summed E-state index contributed by atoms with van der Waals surface area (Å²) in [6, 6.07) is 23.3. The molecule has 0 radical (unpaired) electrons. The van der Waals surface area contributed by atoms with Crippen LogP contribution in [0.25, 0.3) is 11.3 Å². The lowest BCUT2D eigenvalue weighted by atomic mass is 10.1. The topological polar surface area (TPSA) is 73.3 Å². The first-order valence-electron chi connectivity index (χ1n) is 9.44. The second-order valence-electron chi connectivity index (χ2n) is 6.55. The lowest BCUT2D eigenvalue weighted by Crippen LogP contribution is -2.11. The molecule has 7 heteroatoms. The zero-order valence-corrected chi connectivity index (χ0v) is 16.6. The Labute approximate surface area is 178 Å². The fraction of sp³-hybridized carbons (Fsp3) is 0.0417. The number of rotatable bonds is 6. The minimum atomic E-state index is -0.359. The standard InChI is InChI=1S/C24H18FN3O3/c1-30-21-4-2-3-5-22(21)31-23-15-14-20(27-28-23)16-6-8-17(9-7-16)24(29)26-19-12-10-18(25)11-13-19/h2-15H,1H3,(H,26,29). The largest absolute Gasteiger partial charge is 0.493 e. The molecular weight excluding hydrogens is 397 g/mol. The Hall–Kier alpha value is -4.26. The van der Waals surface area contributed by atoms with E-state index in [1.54, 1.807) is 55.6 Å². The number of amides is 1. The van der Waals surface area contributed by atoms with Crippen molar-refractivity contribution >= 4 is 11.6 Å². The van der Waals surface area contributed by atoms with Gasteiger partial charge in [0, 0.05) is 22.9 Å². The minimum absolute atomic E-state index is 0.287. The van der Waals surface area contributed by atoms with Crippen molar-refractivity contribution in [2.75, 3.05) is 12.4 Å². The van der Waals surface area contributed by atoms with Gasteiger partial charge in [-0.15, -0.1) is 10.2 Å². The number of halogens is 1. The van der Waals surface area contributed by atoms with Crippen LogP contribution in [0, 0.1) is 5.82 Å². The highest BCUT2D eigenvalue weighted by Crippen LogP contribution is 2.30. The number of aromatic nitrogens is 2. The van der Waals surface area contributed by atoms with Crippen molar-refractivity contribution in [3.63, 3.8) is 0 Å². The number of carbonyl (C=O) groups excluding carboxylic acids is 1. The van der Waals surface area contributed by atoms with Crippen LogP contribution in [0.4, 0.5) is 10.1 Å². The molecule has 0 atom stereocenters.